The van der Waals surface area contributed by atoms with Crippen LogP contribution in [-0.2, 0) is 27.3 Å². The maximum atomic E-state index is 12.4. The fraction of sp³-hybridized carbons (Fsp3) is 0.727. The Labute approximate surface area is 185 Å². The maximum absolute atomic E-state index is 12.4. The number of ether oxygens (including phenoxy) is 1. The molecule has 32 heavy (non-hydrogen) atoms. The SMILES string of the molecule is CCc1ccc(CN2CC[C@@H]3OC[C@H](C(=O)NCC4CC4)C[C@@H]3C2)o1.O=C(O)C(F)(F)F. The third-order valence-electron chi connectivity index (χ3n) is 6.17. The largest absolute Gasteiger partial charge is 0.490 e. The number of nitrogens with zero attached hydrogens (tertiary/aromatic N) is 1. The highest BCUT2D eigenvalue weighted by Gasteiger charge is 2.39. The van der Waals surface area contributed by atoms with Gasteiger partial charge in [-0.15, -0.1) is 0 Å². The van der Waals surface area contributed by atoms with Gasteiger partial charge in [0.1, 0.15) is 11.5 Å². The summed E-state index contributed by atoms with van der Waals surface area (Å²) in [6.07, 6.45) is 0.738. The molecule has 1 aromatic rings. The van der Waals surface area contributed by atoms with Gasteiger partial charge in [0.15, 0.2) is 0 Å². The normalized spacial score (nSPS) is 25.9. The first-order valence-corrected chi connectivity index (χ1v) is 11.1. The Bertz CT molecular complexity index is 778. The molecule has 1 aromatic heterocycles. The van der Waals surface area contributed by atoms with Crippen molar-refractivity contribution in [2.24, 2.45) is 17.8 Å². The van der Waals surface area contributed by atoms with Crippen LogP contribution < -0.4 is 5.32 Å². The standard InChI is InChI=1S/C20H30N2O3.C2HF3O2/c1-2-17-5-6-18(25-17)12-22-8-7-19-15(11-22)9-16(13-24-19)20(23)21-10-14-3-4-14;3-2(4,5)1(6)7/h5-6,14-16,19H,2-4,7-13H2,1H3,(H,21,23);(H,6,7)/t15-,16-,19+;/m1./s1. The van der Waals surface area contributed by atoms with Crippen LogP contribution in [0, 0.1) is 17.8 Å². The quantitative estimate of drug-likeness (QED) is 0.677. The molecule has 2 saturated heterocycles. The van der Waals surface area contributed by atoms with Crippen LogP contribution in [0.5, 0.6) is 0 Å². The number of aryl methyl sites for hydroxylation is 1. The first kappa shape index (κ1) is 24.6. The van der Waals surface area contributed by atoms with Gasteiger partial charge in [-0.3, -0.25) is 9.69 Å². The minimum Gasteiger partial charge on any atom is -0.475 e. The zero-order valence-electron chi connectivity index (χ0n) is 18.2. The van der Waals surface area contributed by atoms with E-state index >= 15 is 0 Å². The lowest BCUT2D eigenvalue weighted by atomic mass is 9.83. The predicted molar refractivity (Wildman–Crippen MR) is 109 cm³/mol. The maximum Gasteiger partial charge on any atom is 0.490 e. The van der Waals surface area contributed by atoms with E-state index in [0.717, 1.165) is 62.9 Å². The molecule has 2 N–H and O–H groups in total. The number of aliphatic carboxylic acids is 1. The van der Waals surface area contributed by atoms with E-state index in [1.165, 1.54) is 12.8 Å². The highest BCUT2D eigenvalue weighted by atomic mass is 19.4. The van der Waals surface area contributed by atoms with Crippen LogP contribution in [0.15, 0.2) is 16.5 Å². The molecule has 7 nitrogen and oxygen atoms in total. The van der Waals surface area contributed by atoms with E-state index in [9.17, 15) is 18.0 Å². The van der Waals surface area contributed by atoms with E-state index in [4.69, 9.17) is 19.1 Å². The van der Waals surface area contributed by atoms with Crippen molar-refractivity contribution in [2.45, 2.75) is 57.9 Å². The minimum absolute atomic E-state index is 0.0234. The molecule has 180 valence electrons. The van der Waals surface area contributed by atoms with E-state index in [0.29, 0.717) is 18.6 Å². The Morgan fingerprint density at radius 1 is 1.22 bits per heavy atom. The number of amides is 1. The summed E-state index contributed by atoms with van der Waals surface area (Å²) in [5, 5.41) is 10.2. The molecule has 0 radical (unpaired) electrons. The van der Waals surface area contributed by atoms with Gasteiger partial charge in [-0.05, 0) is 49.7 Å². The van der Waals surface area contributed by atoms with E-state index in [2.05, 4.69) is 29.3 Å². The Balaban J connectivity index is 0.000000360. The number of hydrogen-bond acceptors (Lipinski definition) is 5. The van der Waals surface area contributed by atoms with Gasteiger partial charge in [0.25, 0.3) is 0 Å². The second-order valence-electron chi connectivity index (χ2n) is 8.80. The number of hydrogen-bond donors (Lipinski definition) is 2. The van der Waals surface area contributed by atoms with Crippen LogP contribution in [-0.4, -0.2) is 60.4 Å². The van der Waals surface area contributed by atoms with Crippen molar-refractivity contribution in [3.63, 3.8) is 0 Å². The molecular formula is C22H31F3N2O5. The molecule has 3 atom stereocenters. The Morgan fingerprint density at radius 2 is 1.91 bits per heavy atom. The van der Waals surface area contributed by atoms with Crippen molar-refractivity contribution in [1.82, 2.24) is 10.2 Å². The molecule has 2 aliphatic heterocycles. The average molecular weight is 460 g/mol. The second kappa shape index (κ2) is 10.7. The molecule has 10 heteroatoms. The van der Waals surface area contributed by atoms with Crippen molar-refractivity contribution >= 4 is 11.9 Å². The number of likely N-dealkylation sites (tertiary alicyclic amines) is 1. The van der Waals surface area contributed by atoms with Gasteiger partial charge in [-0.25, -0.2) is 4.79 Å². The van der Waals surface area contributed by atoms with Gasteiger partial charge < -0.3 is 19.6 Å². The van der Waals surface area contributed by atoms with Crippen molar-refractivity contribution in [1.29, 1.82) is 0 Å². The zero-order valence-corrected chi connectivity index (χ0v) is 18.2. The zero-order chi connectivity index (χ0) is 23.3. The summed E-state index contributed by atoms with van der Waals surface area (Å²) in [5.74, 6) is 0.750. The number of carbonyl (C=O) groups excluding carboxylic acids is 1. The molecule has 0 spiro atoms. The number of furan rings is 1. The van der Waals surface area contributed by atoms with Crippen molar-refractivity contribution in [3.8, 4) is 0 Å². The summed E-state index contributed by atoms with van der Waals surface area (Å²) < 4.78 is 43.6. The third-order valence-corrected chi connectivity index (χ3v) is 6.17. The van der Waals surface area contributed by atoms with Crippen molar-refractivity contribution in [2.75, 3.05) is 26.2 Å². The van der Waals surface area contributed by atoms with Gasteiger partial charge in [0.05, 0.1) is 25.2 Å². The highest BCUT2D eigenvalue weighted by molar-refractivity contribution is 5.78. The molecule has 1 aliphatic carbocycles. The van der Waals surface area contributed by atoms with Gasteiger partial charge in [0, 0.05) is 26.1 Å². The molecule has 0 bridgehead atoms. The van der Waals surface area contributed by atoms with E-state index in [-0.39, 0.29) is 11.8 Å². The number of halogens is 3. The number of carboxylic acid groups (broad SMARTS) is 1. The van der Waals surface area contributed by atoms with E-state index < -0.39 is 12.1 Å². The van der Waals surface area contributed by atoms with Crippen LogP contribution in [0.1, 0.15) is 44.1 Å². The predicted octanol–water partition coefficient (Wildman–Crippen LogP) is 3.23. The van der Waals surface area contributed by atoms with Crippen molar-refractivity contribution < 1.29 is 37.0 Å². The third kappa shape index (κ3) is 7.23. The molecule has 4 rings (SSSR count). The Hall–Kier alpha value is -2.07. The Morgan fingerprint density at radius 3 is 2.50 bits per heavy atom. The van der Waals surface area contributed by atoms with Crippen LogP contribution in [0.3, 0.4) is 0 Å². The molecule has 1 amide bonds. The van der Waals surface area contributed by atoms with Crippen LogP contribution in [0.4, 0.5) is 13.2 Å². The Kier molecular flexibility index (Phi) is 8.21. The van der Waals surface area contributed by atoms with Crippen LogP contribution in [0.25, 0.3) is 0 Å². The molecule has 0 aromatic carbocycles. The molecule has 0 unspecified atom stereocenters. The molecule has 1 saturated carbocycles. The fourth-order valence-electron chi connectivity index (χ4n) is 4.16. The van der Waals surface area contributed by atoms with Crippen LogP contribution in [0.2, 0.25) is 0 Å². The van der Waals surface area contributed by atoms with Gasteiger partial charge in [-0.1, -0.05) is 6.92 Å². The molecule has 3 heterocycles. The van der Waals surface area contributed by atoms with E-state index in [1.807, 2.05) is 0 Å². The highest BCUT2D eigenvalue weighted by Crippen LogP contribution is 2.33. The summed E-state index contributed by atoms with van der Waals surface area (Å²) >= 11 is 0. The van der Waals surface area contributed by atoms with Gasteiger partial charge in [-0.2, -0.15) is 13.2 Å². The lowest BCUT2D eigenvalue weighted by molar-refractivity contribution is -0.192. The molecule has 3 aliphatic rings. The molecule has 3 fully saturated rings. The first-order valence-electron chi connectivity index (χ1n) is 11.1. The summed E-state index contributed by atoms with van der Waals surface area (Å²) in [6, 6.07) is 4.17. The van der Waals surface area contributed by atoms with Gasteiger partial charge in [0.2, 0.25) is 5.91 Å². The van der Waals surface area contributed by atoms with E-state index in [1.54, 1.807) is 0 Å². The number of carbonyl (C=O) groups is 2. The minimum atomic E-state index is -5.08. The second-order valence-corrected chi connectivity index (χ2v) is 8.80. The van der Waals surface area contributed by atoms with Crippen LogP contribution >= 0.6 is 0 Å². The van der Waals surface area contributed by atoms with Gasteiger partial charge >= 0.3 is 12.1 Å². The number of carboxylic acids is 1. The summed E-state index contributed by atoms with van der Waals surface area (Å²) in [7, 11) is 0. The fourth-order valence-corrected chi connectivity index (χ4v) is 4.16. The number of rotatable bonds is 6. The monoisotopic (exact) mass is 460 g/mol. The number of piperidine rings is 1. The smallest absolute Gasteiger partial charge is 0.475 e. The number of fused-ring (bicyclic) bond motifs is 1. The summed E-state index contributed by atoms with van der Waals surface area (Å²) in [5.41, 5.74) is 0. The lowest BCUT2D eigenvalue weighted by Gasteiger charge is -2.42. The average Bonchev–Trinajstić information content (AvgIpc) is 3.48. The topological polar surface area (TPSA) is 92.0 Å². The lowest BCUT2D eigenvalue weighted by Crippen LogP contribution is -2.50. The van der Waals surface area contributed by atoms with Crippen molar-refractivity contribution in [3.05, 3.63) is 23.7 Å². The summed E-state index contributed by atoms with van der Waals surface area (Å²) in [6.45, 7) is 6.47. The number of alkyl halides is 3. The molecular weight excluding hydrogens is 429 g/mol. The number of nitrogens with one attached hydrogen (secondary N) is 1. The summed E-state index contributed by atoms with van der Waals surface area (Å²) in [4.78, 5) is 23.7. The first-order chi connectivity index (χ1) is 15.2.